The summed E-state index contributed by atoms with van der Waals surface area (Å²) in [5, 5.41) is 3.47. The maximum atomic E-state index is 5.62. The molecule has 0 amide bonds. The average molecular weight is 271 g/mol. The zero-order valence-corrected chi connectivity index (χ0v) is 13.4. The molecule has 1 unspecified atom stereocenters. The number of aryl methyl sites for hydroxylation is 3. The molecule has 1 aromatic heterocycles. The van der Waals surface area contributed by atoms with Gasteiger partial charge in [0.25, 0.3) is 0 Å². The molecule has 0 aliphatic rings. The molecule has 0 saturated heterocycles. The zero-order valence-electron chi connectivity index (χ0n) is 13.4. The van der Waals surface area contributed by atoms with Gasteiger partial charge in [-0.05, 0) is 68.6 Å². The quantitative estimate of drug-likeness (QED) is 0.892. The van der Waals surface area contributed by atoms with E-state index in [0.29, 0.717) is 0 Å². The van der Waals surface area contributed by atoms with E-state index in [9.17, 15) is 0 Å². The van der Waals surface area contributed by atoms with Gasteiger partial charge >= 0.3 is 0 Å². The minimum atomic E-state index is 0.197. The van der Waals surface area contributed by atoms with Gasteiger partial charge in [0.05, 0.1) is 12.3 Å². The van der Waals surface area contributed by atoms with Crippen LogP contribution in [-0.2, 0) is 6.42 Å². The summed E-state index contributed by atoms with van der Waals surface area (Å²) in [4.78, 5) is 0. The summed E-state index contributed by atoms with van der Waals surface area (Å²) in [7, 11) is 2.02. The fraction of sp³-hybridized carbons (Fsp3) is 0.444. The highest BCUT2D eigenvalue weighted by Gasteiger charge is 2.22. The lowest BCUT2D eigenvalue weighted by molar-refractivity contribution is 0.504. The van der Waals surface area contributed by atoms with Gasteiger partial charge in [-0.3, -0.25) is 0 Å². The fourth-order valence-electron chi connectivity index (χ4n) is 3.03. The van der Waals surface area contributed by atoms with Crippen LogP contribution in [0.2, 0.25) is 0 Å². The molecule has 0 aliphatic carbocycles. The highest BCUT2D eigenvalue weighted by Crippen LogP contribution is 2.33. The van der Waals surface area contributed by atoms with Crippen LogP contribution in [0.3, 0.4) is 0 Å². The first-order chi connectivity index (χ1) is 9.51. The molecular weight excluding hydrogens is 246 g/mol. The summed E-state index contributed by atoms with van der Waals surface area (Å²) in [6.07, 6.45) is 2.72. The number of furan rings is 1. The number of hydrogen-bond acceptors (Lipinski definition) is 2. The topological polar surface area (TPSA) is 25.2 Å². The van der Waals surface area contributed by atoms with Crippen molar-refractivity contribution < 1.29 is 4.42 Å². The molecule has 1 aromatic carbocycles. The molecule has 1 N–H and O–H groups in total. The summed E-state index contributed by atoms with van der Waals surface area (Å²) in [6.45, 7) is 10.9. The summed E-state index contributed by atoms with van der Waals surface area (Å²) in [5.74, 6) is 1.07. The maximum Gasteiger partial charge on any atom is 0.108 e. The van der Waals surface area contributed by atoms with Crippen LogP contribution in [0.5, 0.6) is 0 Å². The molecular formula is C18H25NO. The molecule has 2 heteroatoms. The van der Waals surface area contributed by atoms with Crippen LogP contribution < -0.4 is 5.32 Å². The monoisotopic (exact) mass is 271 g/mol. The van der Waals surface area contributed by atoms with E-state index in [2.05, 4.69) is 52.1 Å². The molecule has 108 valence electrons. The summed E-state index contributed by atoms with van der Waals surface area (Å²) in [5.41, 5.74) is 8.09. The fourth-order valence-corrected chi connectivity index (χ4v) is 3.03. The van der Waals surface area contributed by atoms with Crippen molar-refractivity contribution in [2.24, 2.45) is 0 Å². The van der Waals surface area contributed by atoms with Crippen molar-refractivity contribution in [3.8, 4) is 0 Å². The highest BCUT2D eigenvalue weighted by atomic mass is 16.3. The van der Waals surface area contributed by atoms with Crippen LogP contribution in [0, 0.1) is 27.7 Å². The van der Waals surface area contributed by atoms with Crippen molar-refractivity contribution in [1.29, 1.82) is 0 Å². The number of hydrogen-bond donors (Lipinski definition) is 1. The normalized spacial score (nSPS) is 12.7. The van der Waals surface area contributed by atoms with Crippen LogP contribution in [0.15, 0.2) is 22.8 Å². The van der Waals surface area contributed by atoms with E-state index in [4.69, 9.17) is 4.42 Å². The first-order valence-corrected chi connectivity index (χ1v) is 7.32. The Kier molecular flexibility index (Phi) is 4.34. The highest BCUT2D eigenvalue weighted by molar-refractivity contribution is 5.49. The van der Waals surface area contributed by atoms with Gasteiger partial charge in [0.1, 0.15) is 5.76 Å². The lowest BCUT2D eigenvalue weighted by Gasteiger charge is -2.24. The largest absolute Gasteiger partial charge is 0.469 e. The van der Waals surface area contributed by atoms with Crippen molar-refractivity contribution in [3.05, 3.63) is 57.5 Å². The molecule has 1 atom stereocenters. The van der Waals surface area contributed by atoms with Gasteiger partial charge in [0, 0.05) is 12.0 Å². The molecule has 0 radical (unpaired) electrons. The molecule has 0 saturated carbocycles. The number of nitrogens with one attached hydrogen (secondary N) is 1. The first-order valence-electron chi connectivity index (χ1n) is 7.32. The Morgan fingerprint density at radius 3 is 2.20 bits per heavy atom. The van der Waals surface area contributed by atoms with E-state index < -0.39 is 0 Å². The van der Waals surface area contributed by atoms with Crippen LogP contribution in [0.1, 0.15) is 52.1 Å². The predicted octanol–water partition coefficient (Wildman–Crippen LogP) is 4.38. The molecule has 0 aliphatic heterocycles. The second-order valence-electron chi connectivity index (χ2n) is 5.55. The van der Waals surface area contributed by atoms with E-state index in [1.165, 1.54) is 33.4 Å². The van der Waals surface area contributed by atoms with Crippen LogP contribution in [0.25, 0.3) is 0 Å². The van der Waals surface area contributed by atoms with E-state index >= 15 is 0 Å². The van der Waals surface area contributed by atoms with Crippen LogP contribution >= 0.6 is 0 Å². The third kappa shape index (κ3) is 2.40. The Morgan fingerprint density at radius 2 is 1.70 bits per heavy atom. The Morgan fingerprint density at radius 1 is 1.10 bits per heavy atom. The molecule has 2 aromatic rings. The van der Waals surface area contributed by atoms with Crippen LogP contribution in [0.4, 0.5) is 0 Å². The molecule has 1 heterocycles. The number of rotatable bonds is 4. The van der Waals surface area contributed by atoms with Crippen molar-refractivity contribution in [2.45, 2.75) is 47.1 Å². The lowest BCUT2D eigenvalue weighted by Crippen LogP contribution is -2.21. The van der Waals surface area contributed by atoms with Gasteiger partial charge < -0.3 is 9.73 Å². The SMILES string of the molecule is CCc1occc1C(NC)c1c(C)c(C)cc(C)c1C. The second kappa shape index (κ2) is 5.84. The zero-order chi connectivity index (χ0) is 14.9. The summed E-state index contributed by atoms with van der Waals surface area (Å²) < 4.78 is 5.62. The Hall–Kier alpha value is -1.54. The van der Waals surface area contributed by atoms with Crippen molar-refractivity contribution in [1.82, 2.24) is 5.32 Å². The van der Waals surface area contributed by atoms with E-state index in [1.54, 1.807) is 6.26 Å². The summed E-state index contributed by atoms with van der Waals surface area (Å²) in [6, 6.07) is 4.57. The van der Waals surface area contributed by atoms with Crippen molar-refractivity contribution >= 4 is 0 Å². The summed E-state index contributed by atoms with van der Waals surface area (Å²) >= 11 is 0. The van der Waals surface area contributed by atoms with Crippen molar-refractivity contribution in [2.75, 3.05) is 7.05 Å². The Balaban J connectivity index is 2.64. The molecule has 2 nitrogen and oxygen atoms in total. The second-order valence-corrected chi connectivity index (χ2v) is 5.55. The van der Waals surface area contributed by atoms with Gasteiger partial charge in [-0.15, -0.1) is 0 Å². The maximum absolute atomic E-state index is 5.62. The van der Waals surface area contributed by atoms with Crippen molar-refractivity contribution in [3.63, 3.8) is 0 Å². The number of benzene rings is 1. The molecule has 0 spiro atoms. The first kappa shape index (κ1) is 14.9. The Bertz CT molecular complexity index is 584. The minimum Gasteiger partial charge on any atom is -0.469 e. The molecule has 0 bridgehead atoms. The Labute approximate surface area is 122 Å². The van der Waals surface area contributed by atoms with E-state index in [1.807, 2.05) is 7.05 Å². The standard InChI is InChI=1S/C18H25NO/c1-7-16-15(8-9-20-16)18(19-6)17-13(4)11(2)10-12(3)14(17)5/h8-10,18-19H,7H2,1-6H3. The van der Waals surface area contributed by atoms with E-state index in [0.717, 1.165) is 12.2 Å². The van der Waals surface area contributed by atoms with Gasteiger partial charge in [-0.25, -0.2) is 0 Å². The van der Waals surface area contributed by atoms with Gasteiger partial charge in [0.15, 0.2) is 0 Å². The molecule has 20 heavy (non-hydrogen) atoms. The third-order valence-corrected chi connectivity index (χ3v) is 4.41. The third-order valence-electron chi connectivity index (χ3n) is 4.41. The van der Waals surface area contributed by atoms with Gasteiger partial charge in [-0.1, -0.05) is 13.0 Å². The van der Waals surface area contributed by atoms with E-state index in [-0.39, 0.29) is 6.04 Å². The minimum absolute atomic E-state index is 0.197. The van der Waals surface area contributed by atoms with Gasteiger partial charge in [-0.2, -0.15) is 0 Å². The lowest BCUT2D eigenvalue weighted by atomic mass is 9.86. The van der Waals surface area contributed by atoms with Crippen LogP contribution in [-0.4, -0.2) is 7.05 Å². The smallest absolute Gasteiger partial charge is 0.108 e. The average Bonchev–Trinajstić information content (AvgIpc) is 2.89. The molecule has 2 rings (SSSR count). The predicted molar refractivity (Wildman–Crippen MR) is 84.4 cm³/mol. The molecule has 0 fully saturated rings. The van der Waals surface area contributed by atoms with Gasteiger partial charge in [0.2, 0.25) is 0 Å².